The van der Waals surface area contributed by atoms with E-state index < -0.39 is 0 Å². The van der Waals surface area contributed by atoms with Crippen LogP contribution in [0.1, 0.15) is 54.9 Å². The van der Waals surface area contributed by atoms with Crippen LogP contribution in [-0.2, 0) is 0 Å². The Labute approximate surface area is 115 Å². The molecule has 102 valence electrons. The van der Waals surface area contributed by atoms with E-state index in [1.165, 1.54) is 22.3 Å². The number of hydrogen-bond donors (Lipinski definition) is 0. The lowest BCUT2D eigenvalue weighted by molar-refractivity contribution is 1.24. The molecule has 0 spiro atoms. The van der Waals surface area contributed by atoms with Crippen LogP contribution >= 0.6 is 0 Å². The zero-order chi connectivity index (χ0) is 14.6. The van der Waals surface area contributed by atoms with Crippen molar-refractivity contribution in [3.63, 3.8) is 0 Å². The number of hydrogen-bond acceptors (Lipinski definition) is 0. The van der Waals surface area contributed by atoms with Gasteiger partial charge in [-0.1, -0.05) is 64.7 Å². The molecule has 0 atom stereocenters. The van der Waals surface area contributed by atoms with Crippen LogP contribution in [0, 0.1) is 0 Å². The van der Waals surface area contributed by atoms with Gasteiger partial charge in [0, 0.05) is 0 Å². The van der Waals surface area contributed by atoms with Gasteiger partial charge in [0.05, 0.1) is 0 Å². The van der Waals surface area contributed by atoms with Crippen LogP contribution in [0.15, 0.2) is 59.3 Å². The molecule has 0 saturated carbocycles. The van der Waals surface area contributed by atoms with Crippen LogP contribution in [0.25, 0.3) is 0 Å². The van der Waals surface area contributed by atoms with Gasteiger partial charge < -0.3 is 0 Å². The highest BCUT2D eigenvalue weighted by Gasteiger charge is 2.18. The van der Waals surface area contributed by atoms with Gasteiger partial charge in [0.25, 0.3) is 0 Å². The fourth-order valence-electron chi connectivity index (χ4n) is 1.89. The SMILES string of the molecule is C=CC1=C(/C=C\C)C(=C/C)/C(=C\C)C1.CC.CC. The predicted octanol–water partition coefficient (Wildman–Crippen LogP) is 6.39. The summed E-state index contributed by atoms with van der Waals surface area (Å²) in [5.74, 6) is 0. The average molecular weight is 246 g/mol. The van der Waals surface area contributed by atoms with E-state index in [0.717, 1.165) is 6.42 Å². The Bertz CT molecular complexity index is 346. The Morgan fingerprint density at radius 2 is 1.50 bits per heavy atom. The molecule has 0 amide bonds. The van der Waals surface area contributed by atoms with Crippen LogP contribution in [0.2, 0.25) is 0 Å². The minimum absolute atomic E-state index is 1.03. The van der Waals surface area contributed by atoms with E-state index in [1.807, 2.05) is 33.8 Å². The summed E-state index contributed by atoms with van der Waals surface area (Å²) in [6.45, 7) is 18.1. The fraction of sp³-hybridized carbons (Fsp3) is 0.444. The van der Waals surface area contributed by atoms with Crippen LogP contribution in [0.3, 0.4) is 0 Å². The predicted molar refractivity (Wildman–Crippen MR) is 86.9 cm³/mol. The molecular weight excluding hydrogens is 216 g/mol. The molecule has 18 heavy (non-hydrogen) atoms. The summed E-state index contributed by atoms with van der Waals surface area (Å²) >= 11 is 0. The highest BCUT2D eigenvalue weighted by atomic mass is 14.2. The standard InChI is InChI=1S/C14H18.2C2H6/c1-5-9-14-12(7-3)10-11(6-2)13(14)8-4;2*1-2/h5-9H,3,10H2,1-2,4H3;2*1-2H3/b9-5-,11-6-,13-8+;;. The van der Waals surface area contributed by atoms with E-state index >= 15 is 0 Å². The summed E-state index contributed by atoms with van der Waals surface area (Å²) in [6, 6.07) is 0. The molecule has 0 heterocycles. The van der Waals surface area contributed by atoms with Gasteiger partial charge in [-0.05, 0) is 49.5 Å². The summed E-state index contributed by atoms with van der Waals surface area (Å²) in [6.07, 6.45) is 11.6. The first-order valence-electron chi connectivity index (χ1n) is 7.09. The molecule has 0 saturated heterocycles. The minimum Gasteiger partial charge on any atom is -0.0988 e. The summed E-state index contributed by atoms with van der Waals surface area (Å²) in [5.41, 5.74) is 5.44. The lowest BCUT2D eigenvalue weighted by atomic mass is 10.0. The maximum Gasteiger partial charge on any atom is -0.00171 e. The van der Waals surface area contributed by atoms with Crippen molar-refractivity contribution < 1.29 is 0 Å². The lowest BCUT2D eigenvalue weighted by Gasteiger charge is -2.01. The van der Waals surface area contributed by atoms with Crippen LogP contribution in [0.4, 0.5) is 0 Å². The van der Waals surface area contributed by atoms with E-state index in [2.05, 4.69) is 51.7 Å². The first-order valence-corrected chi connectivity index (χ1v) is 7.09. The third-order valence-electron chi connectivity index (χ3n) is 2.58. The molecule has 0 heteroatoms. The Hall–Kier alpha value is -1.30. The van der Waals surface area contributed by atoms with Gasteiger partial charge in [0.2, 0.25) is 0 Å². The second-order valence-electron chi connectivity index (χ2n) is 3.34. The van der Waals surface area contributed by atoms with Gasteiger partial charge in [0.1, 0.15) is 0 Å². The van der Waals surface area contributed by atoms with Crippen molar-refractivity contribution in [2.45, 2.75) is 54.9 Å². The number of rotatable bonds is 2. The van der Waals surface area contributed by atoms with Gasteiger partial charge >= 0.3 is 0 Å². The van der Waals surface area contributed by atoms with Crippen molar-refractivity contribution in [1.29, 1.82) is 0 Å². The molecule has 0 bridgehead atoms. The molecule has 0 fully saturated rings. The molecule has 0 aromatic heterocycles. The van der Waals surface area contributed by atoms with Crippen molar-refractivity contribution in [2.75, 3.05) is 0 Å². The number of allylic oxidation sites excluding steroid dienone is 9. The fourth-order valence-corrected chi connectivity index (χ4v) is 1.89. The third kappa shape index (κ3) is 4.91. The molecule has 0 aromatic rings. The van der Waals surface area contributed by atoms with Crippen molar-refractivity contribution in [3.8, 4) is 0 Å². The van der Waals surface area contributed by atoms with Crippen LogP contribution in [-0.4, -0.2) is 0 Å². The zero-order valence-corrected chi connectivity index (χ0v) is 13.3. The van der Waals surface area contributed by atoms with E-state index in [9.17, 15) is 0 Å². The smallest absolute Gasteiger partial charge is 0.00171 e. The minimum atomic E-state index is 1.03. The van der Waals surface area contributed by atoms with E-state index in [-0.39, 0.29) is 0 Å². The summed E-state index contributed by atoms with van der Waals surface area (Å²) < 4.78 is 0. The van der Waals surface area contributed by atoms with Gasteiger partial charge in [-0.3, -0.25) is 0 Å². The molecule has 0 aliphatic heterocycles. The first kappa shape index (κ1) is 19.0. The molecule has 0 nitrogen and oxygen atoms in total. The molecule has 1 aliphatic rings. The van der Waals surface area contributed by atoms with Gasteiger partial charge in [-0.25, -0.2) is 0 Å². The summed E-state index contributed by atoms with van der Waals surface area (Å²) in [4.78, 5) is 0. The quantitative estimate of drug-likeness (QED) is 0.529. The maximum atomic E-state index is 3.87. The molecule has 1 aliphatic carbocycles. The van der Waals surface area contributed by atoms with E-state index in [4.69, 9.17) is 0 Å². The van der Waals surface area contributed by atoms with E-state index in [1.54, 1.807) is 0 Å². The Kier molecular flexibility index (Phi) is 12.9. The van der Waals surface area contributed by atoms with Crippen LogP contribution < -0.4 is 0 Å². The summed E-state index contributed by atoms with van der Waals surface area (Å²) in [7, 11) is 0. The Balaban J connectivity index is 0. The molecule has 0 aromatic carbocycles. The second kappa shape index (κ2) is 12.2. The Morgan fingerprint density at radius 3 is 1.83 bits per heavy atom. The molecular formula is C18H30. The monoisotopic (exact) mass is 246 g/mol. The first-order chi connectivity index (χ1) is 8.78. The zero-order valence-electron chi connectivity index (χ0n) is 13.3. The molecule has 0 N–H and O–H groups in total. The largest absolute Gasteiger partial charge is 0.0988 e. The highest BCUT2D eigenvalue weighted by Crippen LogP contribution is 2.37. The maximum absolute atomic E-state index is 3.87. The normalized spacial score (nSPS) is 18.6. The highest BCUT2D eigenvalue weighted by molar-refractivity contribution is 5.62. The Morgan fingerprint density at radius 1 is 0.944 bits per heavy atom. The van der Waals surface area contributed by atoms with Crippen molar-refractivity contribution in [2.24, 2.45) is 0 Å². The topological polar surface area (TPSA) is 0 Å². The molecule has 1 rings (SSSR count). The van der Waals surface area contributed by atoms with E-state index in [0.29, 0.717) is 0 Å². The van der Waals surface area contributed by atoms with Crippen molar-refractivity contribution in [3.05, 3.63) is 59.3 Å². The summed E-state index contributed by atoms with van der Waals surface area (Å²) in [5, 5.41) is 0. The van der Waals surface area contributed by atoms with Crippen LogP contribution in [0.5, 0.6) is 0 Å². The van der Waals surface area contributed by atoms with Gasteiger partial charge in [0.15, 0.2) is 0 Å². The molecule has 0 unspecified atom stereocenters. The van der Waals surface area contributed by atoms with Gasteiger partial charge in [-0.15, -0.1) is 0 Å². The molecule has 0 radical (unpaired) electrons. The third-order valence-corrected chi connectivity index (χ3v) is 2.58. The average Bonchev–Trinajstić information content (AvgIpc) is 2.80. The van der Waals surface area contributed by atoms with Crippen molar-refractivity contribution in [1.82, 2.24) is 0 Å². The lowest BCUT2D eigenvalue weighted by Crippen LogP contribution is -1.82. The van der Waals surface area contributed by atoms with Crippen molar-refractivity contribution >= 4 is 0 Å². The second-order valence-corrected chi connectivity index (χ2v) is 3.34. The van der Waals surface area contributed by atoms with Gasteiger partial charge in [-0.2, -0.15) is 0 Å².